The second kappa shape index (κ2) is 7.19. The Bertz CT molecular complexity index is 817. The number of anilines is 1. The molecule has 2 aromatic carbocycles. The van der Waals surface area contributed by atoms with E-state index in [1.165, 1.54) is 4.90 Å². The molecule has 6 heteroatoms. The van der Waals surface area contributed by atoms with E-state index in [-0.39, 0.29) is 36.6 Å². The zero-order valence-corrected chi connectivity index (χ0v) is 15.2. The van der Waals surface area contributed by atoms with Gasteiger partial charge in [-0.1, -0.05) is 34.1 Å². The third-order valence-electron chi connectivity index (χ3n) is 4.16. The topological polar surface area (TPSA) is 66.5 Å². The second-order valence-corrected chi connectivity index (χ2v) is 6.74. The van der Waals surface area contributed by atoms with Crippen LogP contribution in [-0.2, 0) is 9.59 Å². The van der Waals surface area contributed by atoms with Gasteiger partial charge in [0.2, 0.25) is 11.8 Å². The fourth-order valence-corrected chi connectivity index (χ4v) is 3.44. The van der Waals surface area contributed by atoms with Crippen molar-refractivity contribution in [2.24, 2.45) is 0 Å². The molecule has 3 rings (SSSR count). The maximum atomic E-state index is 12.4. The lowest BCUT2D eigenvalue weighted by molar-refractivity contribution is -0.121. The number of benzene rings is 2. The third kappa shape index (κ3) is 3.64. The van der Waals surface area contributed by atoms with Gasteiger partial charge in [-0.2, -0.15) is 0 Å². The van der Waals surface area contributed by atoms with Crippen LogP contribution in [0.3, 0.4) is 0 Å². The molecule has 1 fully saturated rings. The Morgan fingerprint density at radius 3 is 2.24 bits per heavy atom. The summed E-state index contributed by atoms with van der Waals surface area (Å²) in [4.78, 5) is 37.1. The summed E-state index contributed by atoms with van der Waals surface area (Å²) in [6, 6.07) is 14.0. The predicted octanol–water partition coefficient (Wildman–Crippen LogP) is 3.59. The van der Waals surface area contributed by atoms with E-state index in [1.54, 1.807) is 24.3 Å². The van der Waals surface area contributed by atoms with Crippen molar-refractivity contribution >= 4 is 39.3 Å². The number of hydrogen-bond donors (Lipinski definition) is 1. The van der Waals surface area contributed by atoms with E-state index in [2.05, 4.69) is 21.2 Å². The Kier molecular flexibility index (Phi) is 4.99. The molecule has 0 saturated carbocycles. The summed E-state index contributed by atoms with van der Waals surface area (Å²) in [7, 11) is 0. The Labute approximate surface area is 154 Å². The molecular weight excluding hydrogens is 384 g/mol. The van der Waals surface area contributed by atoms with E-state index in [1.807, 2.05) is 31.2 Å². The van der Waals surface area contributed by atoms with Crippen LogP contribution in [0.15, 0.2) is 53.0 Å². The van der Waals surface area contributed by atoms with Crippen LogP contribution >= 0.6 is 15.9 Å². The van der Waals surface area contributed by atoms with Gasteiger partial charge in [-0.05, 0) is 42.8 Å². The Morgan fingerprint density at radius 2 is 1.64 bits per heavy atom. The van der Waals surface area contributed by atoms with Crippen molar-refractivity contribution in [3.8, 4) is 0 Å². The Hall–Kier alpha value is -2.47. The van der Waals surface area contributed by atoms with Crippen LogP contribution in [0.4, 0.5) is 5.69 Å². The molecule has 0 aromatic heterocycles. The van der Waals surface area contributed by atoms with Crippen LogP contribution in [0.2, 0.25) is 0 Å². The number of carbonyl (C=O) groups excluding carboxylic acids is 3. The van der Waals surface area contributed by atoms with Gasteiger partial charge in [-0.15, -0.1) is 0 Å². The fourth-order valence-electron chi connectivity index (χ4n) is 2.81. The minimum absolute atomic E-state index is 0.163. The van der Waals surface area contributed by atoms with E-state index in [4.69, 9.17) is 0 Å². The van der Waals surface area contributed by atoms with Gasteiger partial charge in [0.15, 0.2) is 0 Å². The zero-order valence-electron chi connectivity index (χ0n) is 13.7. The molecule has 128 valence electrons. The van der Waals surface area contributed by atoms with Gasteiger partial charge in [0.1, 0.15) is 0 Å². The first-order valence-corrected chi connectivity index (χ1v) is 8.78. The summed E-state index contributed by atoms with van der Waals surface area (Å²) in [6.45, 7) is 1.91. The van der Waals surface area contributed by atoms with Crippen LogP contribution in [0.25, 0.3) is 0 Å². The highest BCUT2D eigenvalue weighted by atomic mass is 79.9. The summed E-state index contributed by atoms with van der Waals surface area (Å²) in [6.07, 6.45) is 0.481. The lowest BCUT2D eigenvalue weighted by Gasteiger charge is -2.17. The third-order valence-corrected chi connectivity index (χ3v) is 4.88. The van der Waals surface area contributed by atoms with Crippen molar-refractivity contribution in [1.82, 2.24) is 5.32 Å². The number of imide groups is 1. The maximum absolute atomic E-state index is 12.4. The molecule has 0 spiro atoms. The molecule has 3 amide bonds. The van der Waals surface area contributed by atoms with Crippen molar-refractivity contribution in [1.29, 1.82) is 0 Å². The molecule has 1 heterocycles. The molecule has 1 unspecified atom stereocenters. The molecule has 5 nitrogen and oxygen atoms in total. The molecule has 1 N–H and O–H groups in total. The van der Waals surface area contributed by atoms with E-state index >= 15 is 0 Å². The van der Waals surface area contributed by atoms with Crippen LogP contribution in [0.5, 0.6) is 0 Å². The number of amides is 3. The minimum atomic E-state index is -0.214. The average Bonchev–Trinajstić information content (AvgIpc) is 2.94. The number of hydrogen-bond acceptors (Lipinski definition) is 3. The molecule has 1 saturated heterocycles. The van der Waals surface area contributed by atoms with Crippen LogP contribution in [0, 0.1) is 0 Å². The van der Waals surface area contributed by atoms with Gasteiger partial charge in [0.25, 0.3) is 5.91 Å². The van der Waals surface area contributed by atoms with Crippen LogP contribution in [-0.4, -0.2) is 17.7 Å². The summed E-state index contributed by atoms with van der Waals surface area (Å²) in [5.74, 6) is -0.622. The molecule has 2 aromatic rings. The summed E-state index contributed by atoms with van der Waals surface area (Å²) < 4.78 is 0.934. The van der Waals surface area contributed by atoms with E-state index in [0.29, 0.717) is 11.3 Å². The predicted molar refractivity (Wildman–Crippen MR) is 98.2 cm³/mol. The van der Waals surface area contributed by atoms with Gasteiger partial charge in [-0.25, -0.2) is 0 Å². The van der Waals surface area contributed by atoms with Crippen LogP contribution in [0.1, 0.15) is 41.7 Å². The quantitative estimate of drug-likeness (QED) is 0.797. The van der Waals surface area contributed by atoms with Gasteiger partial charge in [-0.3, -0.25) is 19.3 Å². The number of halogens is 1. The highest BCUT2D eigenvalue weighted by Crippen LogP contribution is 2.24. The molecule has 0 bridgehead atoms. The fraction of sp³-hybridized carbons (Fsp3) is 0.211. The van der Waals surface area contributed by atoms with Crippen molar-refractivity contribution < 1.29 is 14.4 Å². The van der Waals surface area contributed by atoms with E-state index < -0.39 is 0 Å². The standard InChI is InChI=1S/C19H17BrN2O3/c1-12(15-4-2-3-5-16(15)20)21-19(25)13-6-8-14(9-7-13)22-17(23)10-11-18(22)24/h2-9,12H,10-11H2,1H3,(H,21,25). The smallest absolute Gasteiger partial charge is 0.251 e. The summed E-state index contributed by atoms with van der Waals surface area (Å²) >= 11 is 3.48. The monoisotopic (exact) mass is 400 g/mol. The summed E-state index contributed by atoms with van der Waals surface area (Å²) in [5, 5.41) is 2.94. The maximum Gasteiger partial charge on any atom is 0.251 e. The Balaban J connectivity index is 1.72. The molecular formula is C19H17BrN2O3. The highest BCUT2D eigenvalue weighted by Gasteiger charge is 2.30. The lowest BCUT2D eigenvalue weighted by Crippen LogP contribution is -2.29. The number of nitrogens with one attached hydrogen (secondary N) is 1. The normalized spacial score (nSPS) is 15.4. The largest absolute Gasteiger partial charge is 0.345 e. The van der Waals surface area contributed by atoms with Crippen molar-refractivity contribution in [2.45, 2.75) is 25.8 Å². The minimum Gasteiger partial charge on any atom is -0.345 e. The number of rotatable bonds is 4. The first-order chi connectivity index (χ1) is 12.0. The second-order valence-electron chi connectivity index (χ2n) is 5.89. The molecule has 0 radical (unpaired) electrons. The molecule has 1 aliphatic rings. The zero-order chi connectivity index (χ0) is 18.0. The average molecular weight is 401 g/mol. The highest BCUT2D eigenvalue weighted by molar-refractivity contribution is 9.10. The van der Waals surface area contributed by atoms with Gasteiger partial charge >= 0.3 is 0 Å². The van der Waals surface area contributed by atoms with Crippen molar-refractivity contribution in [3.05, 3.63) is 64.1 Å². The molecule has 1 atom stereocenters. The van der Waals surface area contributed by atoms with Gasteiger partial charge in [0, 0.05) is 22.9 Å². The summed E-state index contributed by atoms with van der Waals surface area (Å²) in [5.41, 5.74) is 1.96. The number of nitrogens with zero attached hydrogens (tertiary/aromatic N) is 1. The first-order valence-electron chi connectivity index (χ1n) is 7.98. The Morgan fingerprint density at radius 1 is 1.04 bits per heavy atom. The van der Waals surface area contributed by atoms with Gasteiger partial charge in [0.05, 0.1) is 11.7 Å². The van der Waals surface area contributed by atoms with E-state index in [0.717, 1.165) is 10.0 Å². The van der Waals surface area contributed by atoms with E-state index in [9.17, 15) is 14.4 Å². The molecule has 1 aliphatic heterocycles. The van der Waals surface area contributed by atoms with Gasteiger partial charge < -0.3 is 5.32 Å². The molecule has 25 heavy (non-hydrogen) atoms. The first kappa shape index (κ1) is 17.4. The molecule has 0 aliphatic carbocycles. The van der Waals surface area contributed by atoms with Crippen molar-refractivity contribution in [3.63, 3.8) is 0 Å². The lowest BCUT2D eigenvalue weighted by atomic mass is 10.1. The number of carbonyl (C=O) groups is 3. The van der Waals surface area contributed by atoms with Crippen LogP contribution < -0.4 is 10.2 Å². The SMILES string of the molecule is CC(NC(=O)c1ccc(N2C(=O)CCC2=O)cc1)c1ccccc1Br. The van der Waals surface area contributed by atoms with Crippen molar-refractivity contribution in [2.75, 3.05) is 4.90 Å².